The standard InChI is InChI=1S/C13H16N4O/c1-3-6-14-12-7-13(17-9-16-12)18-11-5-4-10(2)15-8-11/h4-5,7-9H,3,6H2,1-2H3,(H,14,16,17). The number of aryl methyl sites for hydroxylation is 1. The molecule has 0 saturated carbocycles. The topological polar surface area (TPSA) is 59.9 Å². The highest BCUT2D eigenvalue weighted by Gasteiger charge is 2.01. The Labute approximate surface area is 106 Å². The molecule has 0 aliphatic carbocycles. The van der Waals surface area contributed by atoms with Gasteiger partial charge in [-0.05, 0) is 25.5 Å². The van der Waals surface area contributed by atoms with Crippen LogP contribution in [0.5, 0.6) is 11.6 Å². The zero-order chi connectivity index (χ0) is 12.8. The predicted molar refractivity (Wildman–Crippen MR) is 69.9 cm³/mol. The van der Waals surface area contributed by atoms with Crippen molar-refractivity contribution >= 4 is 5.82 Å². The Balaban J connectivity index is 2.06. The molecule has 0 radical (unpaired) electrons. The van der Waals surface area contributed by atoms with E-state index in [1.807, 2.05) is 19.1 Å². The quantitative estimate of drug-likeness (QED) is 0.876. The molecule has 0 unspecified atom stereocenters. The first kappa shape index (κ1) is 12.3. The van der Waals surface area contributed by atoms with Gasteiger partial charge in [-0.3, -0.25) is 4.98 Å². The molecule has 2 aromatic rings. The van der Waals surface area contributed by atoms with E-state index < -0.39 is 0 Å². The van der Waals surface area contributed by atoms with Crippen molar-refractivity contribution in [2.45, 2.75) is 20.3 Å². The number of aromatic nitrogens is 3. The normalized spacial score (nSPS) is 10.1. The Morgan fingerprint density at radius 1 is 1.22 bits per heavy atom. The molecule has 0 aliphatic rings. The van der Waals surface area contributed by atoms with Crippen LogP contribution in [0.2, 0.25) is 0 Å². The Morgan fingerprint density at radius 2 is 2.11 bits per heavy atom. The van der Waals surface area contributed by atoms with E-state index in [2.05, 4.69) is 27.2 Å². The lowest BCUT2D eigenvalue weighted by Gasteiger charge is -2.07. The van der Waals surface area contributed by atoms with Crippen LogP contribution in [-0.2, 0) is 0 Å². The third-order valence-corrected chi connectivity index (χ3v) is 2.30. The summed E-state index contributed by atoms with van der Waals surface area (Å²) in [5, 5.41) is 3.18. The molecular formula is C13H16N4O. The maximum absolute atomic E-state index is 5.60. The maximum Gasteiger partial charge on any atom is 0.224 e. The molecule has 0 saturated heterocycles. The molecule has 5 nitrogen and oxygen atoms in total. The molecule has 0 amide bonds. The van der Waals surface area contributed by atoms with Gasteiger partial charge in [-0.1, -0.05) is 6.92 Å². The Bertz CT molecular complexity index is 499. The third-order valence-electron chi connectivity index (χ3n) is 2.30. The van der Waals surface area contributed by atoms with Crippen LogP contribution in [-0.4, -0.2) is 21.5 Å². The molecule has 1 N–H and O–H groups in total. The van der Waals surface area contributed by atoms with Crippen molar-refractivity contribution < 1.29 is 4.74 Å². The monoisotopic (exact) mass is 244 g/mol. The first-order chi connectivity index (χ1) is 8.78. The van der Waals surface area contributed by atoms with Gasteiger partial charge in [0.25, 0.3) is 0 Å². The minimum absolute atomic E-state index is 0.509. The summed E-state index contributed by atoms with van der Waals surface area (Å²) in [6, 6.07) is 5.53. The van der Waals surface area contributed by atoms with Crippen LogP contribution >= 0.6 is 0 Å². The zero-order valence-corrected chi connectivity index (χ0v) is 10.6. The van der Waals surface area contributed by atoms with E-state index in [0.29, 0.717) is 11.6 Å². The number of pyridine rings is 1. The average molecular weight is 244 g/mol. The molecule has 2 heterocycles. The molecule has 2 rings (SSSR count). The van der Waals surface area contributed by atoms with E-state index in [1.165, 1.54) is 6.33 Å². The van der Waals surface area contributed by atoms with Crippen LogP contribution in [0.4, 0.5) is 5.82 Å². The summed E-state index contributed by atoms with van der Waals surface area (Å²) in [5.74, 6) is 1.94. The van der Waals surface area contributed by atoms with Crippen molar-refractivity contribution in [3.63, 3.8) is 0 Å². The number of anilines is 1. The van der Waals surface area contributed by atoms with Gasteiger partial charge in [-0.15, -0.1) is 0 Å². The van der Waals surface area contributed by atoms with Crippen molar-refractivity contribution in [3.05, 3.63) is 36.4 Å². The van der Waals surface area contributed by atoms with Crippen LogP contribution in [0.3, 0.4) is 0 Å². The number of nitrogens with zero attached hydrogens (tertiary/aromatic N) is 3. The number of nitrogens with one attached hydrogen (secondary N) is 1. The van der Waals surface area contributed by atoms with Crippen LogP contribution in [0.1, 0.15) is 19.0 Å². The summed E-state index contributed by atoms with van der Waals surface area (Å²) >= 11 is 0. The fraction of sp³-hybridized carbons (Fsp3) is 0.308. The van der Waals surface area contributed by atoms with Gasteiger partial charge in [-0.2, -0.15) is 0 Å². The van der Waals surface area contributed by atoms with E-state index >= 15 is 0 Å². The first-order valence-corrected chi connectivity index (χ1v) is 5.94. The first-order valence-electron chi connectivity index (χ1n) is 5.94. The van der Waals surface area contributed by atoms with Crippen LogP contribution in [0.15, 0.2) is 30.7 Å². The second-order valence-electron chi connectivity index (χ2n) is 3.91. The molecule has 0 fully saturated rings. The fourth-order valence-corrected chi connectivity index (χ4v) is 1.38. The smallest absolute Gasteiger partial charge is 0.224 e. The minimum Gasteiger partial charge on any atom is -0.437 e. The lowest BCUT2D eigenvalue weighted by atomic mass is 10.4. The van der Waals surface area contributed by atoms with Gasteiger partial charge >= 0.3 is 0 Å². The maximum atomic E-state index is 5.60. The number of hydrogen-bond acceptors (Lipinski definition) is 5. The van der Waals surface area contributed by atoms with Gasteiger partial charge in [0, 0.05) is 18.3 Å². The minimum atomic E-state index is 0.509. The molecule has 0 bridgehead atoms. The van der Waals surface area contributed by atoms with E-state index in [-0.39, 0.29) is 0 Å². The third kappa shape index (κ3) is 3.41. The van der Waals surface area contributed by atoms with Crippen molar-refractivity contribution in [1.29, 1.82) is 0 Å². The summed E-state index contributed by atoms with van der Waals surface area (Å²) in [6.45, 7) is 4.91. The van der Waals surface area contributed by atoms with E-state index in [1.54, 1.807) is 12.3 Å². The molecule has 0 aliphatic heterocycles. The number of ether oxygens (including phenoxy) is 1. The highest BCUT2D eigenvalue weighted by atomic mass is 16.5. The van der Waals surface area contributed by atoms with Gasteiger partial charge in [0.1, 0.15) is 17.9 Å². The zero-order valence-electron chi connectivity index (χ0n) is 10.6. The van der Waals surface area contributed by atoms with Crippen molar-refractivity contribution in [3.8, 4) is 11.6 Å². The SMILES string of the molecule is CCCNc1cc(Oc2ccc(C)nc2)ncn1. The lowest BCUT2D eigenvalue weighted by molar-refractivity contribution is 0.459. The van der Waals surface area contributed by atoms with Gasteiger partial charge in [0.15, 0.2) is 0 Å². The van der Waals surface area contributed by atoms with E-state index in [0.717, 1.165) is 24.5 Å². The summed E-state index contributed by atoms with van der Waals surface area (Å²) in [7, 11) is 0. The number of rotatable bonds is 5. The Hall–Kier alpha value is -2.17. The summed E-state index contributed by atoms with van der Waals surface area (Å²) < 4.78 is 5.60. The van der Waals surface area contributed by atoms with Gasteiger partial charge < -0.3 is 10.1 Å². The molecule has 5 heteroatoms. The average Bonchev–Trinajstić information content (AvgIpc) is 2.40. The van der Waals surface area contributed by atoms with Gasteiger partial charge in [-0.25, -0.2) is 9.97 Å². The van der Waals surface area contributed by atoms with Gasteiger partial charge in [0.2, 0.25) is 5.88 Å². The molecule has 18 heavy (non-hydrogen) atoms. The Morgan fingerprint density at radius 3 is 2.83 bits per heavy atom. The number of hydrogen-bond donors (Lipinski definition) is 1. The fourth-order valence-electron chi connectivity index (χ4n) is 1.38. The second-order valence-corrected chi connectivity index (χ2v) is 3.91. The molecule has 94 valence electrons. The Kier molecular flexibility index (Phi) is 4.06. The molecule has 0 aromatic carbocycles. The van der Waals surface area contributed by atoms with Gasteiger partial charge in [0.05, 0.1) is 6.20 Å². The largest absolute Gasteiger partial charge is 0.437 e. The van der Waals surface area contributed by atoms with E-state index in [4.69, 9.17) is 4.74 Å². The van der Waals surface area contributed by atoms with Crippen molar-refractivity contribution in [2.24, 2.45) is 0 Å². The van der Waals surface area contributed by atoms with Crippen LogP contribution in [0.25, 0.3) is 0 Å². The van der Waals surface area contributed by atoms with Crippen molar-refractivity contribution in [2.75, 3.05) is 11.9 Å². The van der Waals surface area contributed by atoms with E-state index in [9.17, 15) is 0 Å². The van der Waals surface area contributed by atoms with Crippen LogP contribution in [0, 0.1) is 6.92 Å². The molecule has 0 spiro atoms. The summed E-state index contributed by atoms with van der Waals surface area (Å²) in [6.07, 6.45) is 4.20. The second kappa shape index (κ2) is 5.95. The summed E-state index contributed by atoms with van der Waals surface area (Å²) in [5.41, 5.74) is 0.954. The van der Waals surface area contributed by atoms with Crippen LogP contribution < -0.4 is 10.1 Å². The predicted octanol–water partition coefficient (Wildman–Crippen LogP) is 2.79. The summed E-state index contributed by atoms with van der Waals surface area (Å²) in [4.78, 5) is 12.3. The highest BCUT2D eigenvalue weighted by Crippen LogP contribution is 2.19. The van der Waals surface area contributed by atoms with Crippen molar-refractivity contribution in [1.82, 2.24) is 15.0 Å². The molecule has 2 aromatic heterocycles. The molecule has 0 atom stereocenters. The highest BCUT2D eigenvalue weighted by molar-refractivity contribution is 5.38. The lowest BCUT2D eigenvalue weighted by Crippen LogP contribution is -2.02. The molecular weight excluding hydrogens is 228 g/mol.